The van der Waals surface area contributed by atoms with Crippen LogP contribution in [0.1, 0.15) is 43.7 Å². The van der Waals surface area contributed by atoms with Gasteiger partial charge >= 0.3 is 0 Å². The average Bonchev–Trinajstić information content (AvgIpc) is 2.77. The summed E-state index contributed by atoms with van der Waals surface area (Å²) in [6.45, 7) is 0. The predicted molar refractivity (Wildman–Crippen MR) is 95.1 cm³/mol. The minimum atomic E-state index is 0. The maximum atomic E-state index is 2.49. The molecule has 1 aliphatic carbocycles. The fraction of sp³-hybridized carbons (Fsp3) is 0.529. The molecule has 0 N–H and O–H groups in total. The minimum absolute atomic E-state index is 0. The number of likely N-dealkylation sites (N-methyl/N-ethyl adjacent to an activating group) is 1. The average molecular weight is 384 g/mol. The molecule has 1 saturated heterocycles. The van der Waals surface area contributed by atoms with E-state index in [2.05, 4.69) is 60.5 Å². The van der Waals surface area contributed by atoms with Crippen molar-refractivity contribution in [1.82, 2.24) is 10.0 Å². The standard InChI is InChI=1S/C17H24N2.HI/c1-18-16(14-9-5-3-6-10-14)13-17(19(18)2)15-11-7-4-8-12-15;/h3,5-6,9-11,16-17H,4,7-8,12-13H2,1-2H3;1H. The molecule has 0 aromatic heterocycles. The van der Waals surface area contributed by atoms with Crippen molar-refractivity contribution in [3.63, 3.8) is 0 Å². The third kappa shape index (κ3) is 3.10. The van der Waals surface area contributed by atoms with Gasteiger partial charge in [-0.25, -0.2) is 10.0 Å². The molecule has 20 heavy (non-hydrogen) atoms. The van der Waals surface area contributed by atoms with Crippen LogP contribution in [0.25, 0.3) is 0 Å². The van der Waals surface area contributed by atoms with E-state index in [-0.39, 0.29) is 24.0 Å². The normalized spacial score (nSPS) is 28.0. The molecule has 0 radical (unpaired) electrons. The van der Waals surface area contributed by atoms with Gasteiger partial charge in [0.15, 0.2) is 0 Å². The van der Waals surface area contributed by atoms with Crippen LogP contribution >= 0.6 is 24.0 Å². The molecule has 0 bridgehead atoms. The van der Waals surface area contributed by atoms with Crippen molar-refractivity contribution in [3.05, 3.63) is 47.5 Å². The quantitative estimate of drug-likeness (QED) is 0.551. The highest BCUT2D eigenvalue weighted by Gasteiger charge is 2.37. The Morgan fingerprint density at radius 2 is 1.65 bits per heavy atom. The molecule has 2 nitrogen and oxygen atoms in total. The summed E-state index contributed by atoms with van der Waals surface area (Å²) in [6.07, 6.45) is 9.03. The Hall–Kier alpha value is -0.390. The fourth-order valence-corrected chi connectivity index (χ4v) is 3.54. The summed E-state index contributed by atoms with van der Waals surface area (Å²) < 4.78 is 0. The van der Waals surface area contributed by atoms with E-state index in [1.54, 1.807) is 5.57 Å². The van der Waals surface area contributed by atoms with Gasteiger partial charge in [0.05, 0.1) is 6.04 Å². The van der Waals surface area contributed by atoms with E-state index < -0.39 is 0 Å². The van der Waals surface area contributed by atoms with Gasteiger partial charge in [-0.1, -0.05) is 42.0 Å². The molecule has 1 aromatic rings. The molecule has 0 amide bonds. The number of nitrogens with zero attached hydrogens (tertiary/aromatic N) is 2. The van der Waals surface area contributed by atoms with Gasteiger partial charge in [0.2, 0.25) is 0 Å². The Labute approximate surface area is 139 Å². The van der Waals surface area contributed by atoms with Gasteiger partial charge in [-0.2, -0.15) is 0 Å². The second-order valence-electron chi connectivity index (χ2n) is 5.85. The summed E-state index contributed by atoms with van der Waals surface area (Å²) >= 11 is 0. The molecule has 2 aliphatic rings. The van der Waals surface area contributed by atoms with Crippen LogP contribution in [0.2, 0.25) is 0 Å². The Balaban J connectivity index is 0.00000147. The van der Waals surface area contributed by atoms with E-state index in [0.29, 0.717) is 12.1 Å². The van der Waals surface area contributed by atoms with Crippen molar-refractivity contribution in [1.29, 1.82) is 0 Å². The number of benzene rings is 1. The molecule has 1 aliphatic heterocycles. The lowest BCUT2D eigenvalue weighted by molar-refractivity contribution is 0.0333. The molecule has 1 fully saturated rings. The Morgan fingerprint density at radius 1 is 0.950 bits per heavy atom. The van der Waals surface area contributed by atoms with Crippen molar-refractivity contribution >= 4 is 24.0 Å². The van der Waals surface area contributed by atoms with Crippen molar-refractivity contribution in [2.24, 2.45) is 0 Å². The lowest BCUT2D eigenvalue weighted by Crippen LogP contribution is -2.36. The predicted octanol–water partition coefficient (Wildman–Crippen LogP) is 4.40. The zero-order valence-electron chi connectivity index (χ0n) is 12.5. The fourth-order valence-electron chi connectivity index (χ4n) is 3.54. The summed E-state index contributed by atoms with van der Waals surface area (Å²) in [4.78, 5) is 0. The smallest absolute Gasteiger partial charge is 0.0510 e. The molecular weight excluding hydrogens is 359 g/mol. The van der Waals surface area contributed by atoms with E-state index in [1.165, 1.54) is 37.7 Å². The molecular formula is C17H25IN2. The van der Waals surface area contributed by atoms with Crippen molar-refractivity contribution in [3.8, 4) is 0 Å². The number of hydrazine groups is 1. The zero-order chi connectivity index (χ0) is 13.2. The maximum absolute atomic E-state index is 2.49. The van der Waals surface area contributed by atoms with Gasteiger partial charge in [0.1, 0.15) is 0 Å². The molecule has 2 unspecified atom stereocenters. The summed E-state index contributed by atoms with van der Waals surface area (Å²) in [6, 6.07) is 12.0. The largest absolute Gasteiger partial charge is 0.237 e. The van der Waals surface area contributed by atoms with E-state index in [9.17, 15) is 0 Å². The maximum Gasteiger partial charge on any atom is 0.0510 e. The van der Waals surface area contributed by atoms with E-state index in [0.717, 1.165) is 0 Å². The van der Waals surface area contributed by atoms with Crippen molar-refractivity contribution in [2.45, 2.75) is 44.2 Å². The van der Waals surface area contributed by atoms with Gasteiger partial charge in [0.25, 0.3) is 0 Å². The van der Waals surface area contributed by atoms with Crippen LogP contribution in [0.5, 0.6) is 0 Å². The molecule has 2 atom stereocenters. The van der Waals surface area contributed by atoms with Gasteiger partial charge < -0.3 is 0 Å². The molecule has 110 valence electrons. The first-order valence-electron chi connectivity index (χ1n) is 7.47. The monoisotopic (exact) mass is 384 g/mol. The van der Waals surface area contributed by atoms with Crippen LogP contribution in [-0.4, -0.2) is 30.2 Å². The molecule has 0 spiro atoms. The number of hydrogen-bond acceptors (Lipinski definition) is 2. The summed E-state index contributed by atoms with van der Waals surface area (Å²) in [5.74, 6) is 0. The molecule has 1 heterocycles. The minimum Gasteiger partial charge on any atom is -0.237 e. The first-order valence-corrected chi connectivity index (χ1v) is 7.47. The van der Waals surface area contributed by atoms with E-state index in [1.807, 2.05) is 0 Å². The van der Waals surface area contributed by atoms with E-state index >= 15 is 0 Å². The van der Waals surface area contributed by atoms with Crippen molar-refractivity contribution < 1.29 is 0 Å². The van der Waals surface area contributed by atoms with Crippen LogP contribution in [0.15, 0.2) is 42.0 Å². The van der Waals surface area contributed by atoms with Crippen molar-refractivity contribution in [2.75, 3.05) is 14.1 Å². The highest BCUT2D eigenvalue weighted by Crippen LogP contribution is 2.38. The van der Waals surface area contributed by atoms with Crippen LogP contribution in [0, 0.1) is 0 Å². The molecule has 0 saturated carbocycles. The highest BCUT2D eigenvalue weighted by atomic mass is 127. The second kappa shape index (κ2) is 7.05. The summed E-state index contributed by atoms with van der Waals surface area (Å²) in [5, 5.41) is 4.85. The van der Waals surface area contributed by atoms with Crippen LogP contribution in [0.3, 0.4) is 0 Å². The zero-order valence-corrected chi connectivity index (χ0v) is 14.8. The first-order chi connectivity index (χ1) is 9.27. The molecule has 1 aromatic carbocycles. The van der Waals surface area contributed by atoms with Crippen LogP contribution in [0.4, 0.5) is 0 Å². The van der Waals surface area contributed by atoms with Gasteiger partial charge in [-0.3, -0.25) is 0 Å². The van der Waals surface area contributed by atoms with Gasteiger partial charge in [-0.05, 0) is 37.7 Å². The first kappa shape index (κ1) is 16.0. The van der Waals surface area contributed by atoms with E-state index in [4.69, 9.17) is 0 Å². The lowest BCUT2D eigenvalue weighted by Gasteiger charge is -2.29. The third-order valence-electron chi connectivity index (χ3n) is 4.78. The number of rotatable bonds is 2. The Bertz CT molecular complexity index is 457. The summed E-state index contributed by atoms with van der Waals surface area (Å²) in [7, 11) is 4.46. The number of hydrogen-bond donors (Lipinski definition) is 0. The Kier molecular flexibility index (Phi) is 5.64. The number of halogens is 1. The Morgan fingerprint density at radius 3 is 2.30 bits per heavy atom. The third-order valence-corrected chi connectivity index (χ3v) is 4.78. The summed E-state index contributed by atoms with van der Waals surface area (Å²) in [5.41, 5.74) is 3.11. The SMILES string of the molecule is CN1C(C2=CCCCC2)CC(c2ccccc2)N1C.I. The second-order valence-corrected chi connectivity index (χ2v) is 5.85. The van der Waals surface area contributed by atoms with Crippen LogP contribution in [-0.2, 0) is 0 Å². The molecule has 3 heteroatoms. The highest BCUT2D eigenvalue weighted by molar-refractivity contribution is 14.0. The topological polar surface area (TPSA) is 6.48 Å². The van der Waals surface area contributed by atoms with Crippen LogP contribution < -0.4 is 0 Å². The number of allylic oxidation sites excluding steroid dienone is 1. The molecule has 3 rings (SSSR count). The lowest BCUT2D eigenvalue weighted by atomic mass is 9.90. The van der Waals surface area contributed by atoms with Gasteiger partial charge in [0, 0.05) is 20.1 Å². The van der Waals surface area contributed by atoms with Gasteiger partial charge in [-0.15, -0.1) is 24.0 Å².